The number of rotatable bonds is 6. The first-order chi connectivity index (χ1) is 12.7. The van der Waals surface area contributed by atoms with Crippen LogP contribution >= 0.6 is 11.3 Å². The van der Waals surface area contributed by atoms with Crippen LogP contribution in [-0.2, 0) is 16.4 Å². The Bertz CT molecular complexity index is 900. The van der Waals surface area contributed by atoms with Crippen molar-refractivity contribution in [3.05, 3.63) is 51.7 Å². The van der Waals surface area contributed by atoms with Gasteiger partial charge in [0, 0.05) is 16.5 Å². The number of carbonyl (C=O) groups is 1. The first kappa shape index (κ1) is 19.9. The summed E-state index contributed by atoms with van der Waals surface area (Å²) >= 11 is 1.60. The van der Waals surface area contributed by atoms with Gasteiger partial charge < -0.3 is 9.64 Å². The van der Waals surface area contributed by atoms with Crippen LogP contribution in [0.4, 0.5) is 0 Å². The summed E-state index contributed by atoms with van der Waals surface area (Å²) in [5, 5.41) is 2.00. The van der Waals surface area contributed by atoms with Gasteiger partial charge in [0.2, 0.25) is 0 Å². The molecular formula is C20H25NO4S2. The lowest BCUT2D eigenvalue weighted by molar-refractivity contribution is 0.0683. The number of nitrogens with zero attached hydrogens (tertiary/aromatic N) is 1. The molecule has 0 N–H and O–H groups in total. The fourth-order valence-electron chi connectivity index (χ4n) is 3.22. The van der Waals surface area contributed by atoms with Gasteiger partial charge in [-0.25, -0.2) is 8.42 Å². The van der Waals surface area contributed by atoms with Crippen molar-refractivity contribution in [2.45, 2.75) is 45.9 Å². The summed E-state index contributed by atoms with van der Waals surface area (Å²) in [5.41, 5.74) is 1.67. The molecule has 146 valence electrons. The lowest BCUT2D eigenvalue weighted by Crippen LogP contribution is -2.40. The first-order valence-electron chi connectivity index (χ1n) is 9.06. The SMILES string of the molecule is Cc1ccsc1CN(C(=O)c1ccc(OC(C)C)cc1)C1CCS(=O)(=O)C1. The van der Waals surface area contributed by atoms with Gasteiger partial charge in [-0.05, 0) is 68.5 Å². The molecular weight excluding hydrogens is 382 g/mol. The second-order valence-corrected chi connectivity index (χ2v) is 10.4. The quantitative estimate of drug-likeness (QED) is 0.733. The zero-order valence-electron chi connectivity index (χ0n) is 15.8. The Hall–Kier alpha value is -1.86. The van der Waals surface area contributed by atoms with Gasteiger partial charge in [0.1, 0.15) is 5.75 Å². The fourth-order valence-corrected chi connectivity index (χ4v) is 5.86. The molecule has 0 spiro atoms. The Kier molecular flexibility index (Phi) is 5.91. The van der Waals surface area contributed by atoms with Gasteiger partial charge in [-0.1, -0.05) is 0 Å². The van der Waals surface area contributed by atoms with E-state index >= 15 is 0 Å². The third-order valence-corrected chi connectivity index (χ3v) is 7.42. The van der Waals surface area contributed by atoms with Crippen LogP contribution in [0, 0.1) is 6.92 Å². The average Bonchev–Trinajstić information content (AvgIpc) is 3.17. The molecule has 1 aliphatic heterocycles. The van der Waals surface area contributed by atoms with E-state index in [1.54, 1.807) is 40.5 Å². The maximum atomic E-state index is 13.2. The van der Waals surface area contributed by atoms with Gasteiger partial charge >= 0.3 is 0 Å². The molecule has 1 saturated heterocycles. The highest BCUT2D eigenvalue weighted by Crippen LogP contribution is 2.26. The van der Waals surface area contributed by atoms with Crippen molar-refractivity contribution < 1.29 is 17.9 Å². The van der Waals surface area contributed by atoms with Gasteiger partial charge in [-0.2, -0.15) is 0 Å². The van der Waals surface area contributed by atoms with Gasteiger partial charge in [-0.15, -0.1) is 11.3 Å². The number of sulfone groups is 1. The van der Waals surface area contributed by atoms with Gasteiger partial charge in [0.05, 0.1) is 24.2 Å². The van der Waals surface area contributed by atoms with Crippen molar-refractivity contribution >= 4 is 27.1 Å². The van der Waals surface area contributed by atoms with Crippen LogP contribution in [0.2, 0.25) is 0 Å². The molecule has 1 aromatic heterocycles. The highest BCUT2D eigenvalue weighted by Gasteiger charge is 2.35. The van der Waals surface area contributed by atoms with Gasteiger partial charge in [-0.3, -0.25) is 4.79 Å². The third-order valence-electron chi connectivity index (χ3n) is 4.67. The number of aryl methyl sites for hydroxylation is 1. The molecule has 2 aromatic rings. The van der Waals surface area contributed by atoms with Crippen LogP contribution in [-0.4, -0.2) is 42.9 Å². The molecule has 1 aromatic carbocycles. The molecule has 0 bridgehead atoms. The van der Waals surface area contributed by atoms with Crippen molar-refractivity contribution in [3.8, 4) is 5.75 Å². The van der Waals surface area contributed by atoms with E-state index in [1.807, 2.05) is 32.2 Å². The summed E-state index contributed by atoms with van der Waals surface area (Å²) in [7, 11) is -3.08. The van der Waals surface area contributed by atoms with E-state index in [1.165, 1.54) is 0 Å². The molecule has 1 atom stereocenters. The summed E-state index contributed by atoms with van der Waals surface area (Å²) in [6, 6.07) is 8.80. The van der Waals surface area contributed by atoms with Crippen LogP contribution in [0.5, 0.6) is 5.75 Å². The van der Waals surface area contributed by atoms with E-state index in [9.17, 15) is 13.2 Å². The summed E-state index contributed by atoms with van der Waals surface area (Å²) in [6.45, 7) is 6.35. The maximum Gasteiger partial charge on any atom is 0.254 e. The Morgan fingerprint density at radius 3 is 2.48 bits per heavy atom. The van der Waals surface area contributed by atoms with Crippen LogP contribution in [0.25, 0.3) is 0 Å². The van der Waals surface area contributed by atoms with Crippen molar-refractivity contribution in [1.82, 2.24) is 4.90 Å². The van der Waals surface area contributed by atoms with Gasteiger partial charge in [0.25, 0.3) is 5.91 Å². The standard InChI is InChI=1S/C20H25NO4S2/c1-14(2)25-18-6-4-16(5-7-18)20(22)21(12-19-15(3)8-10-26-19)17-9-11-27(23,24)13-17/h4-8,10,14,17H,9,11-13H2,1-3H3. The first-order valence-corrected chi connectivity index (χ1v) is 11.8. The molecule has 0 aliphatic carbocycles. The monoisotopic (exact) mass is 407 g/mol. The average molecular weight is 408 g/mol. The van der Waals surface area contributed by atoms with Crippen molar-refractivity contribution in [3.63, 3.8) is 0 Å². The molecule has 2 heterocycles. The fraction of sp³-hybridized carbons (Fsp3) is 0.450. The minimum atomic E-state index is -3.08. The summed E-state index contributed by atoms with van der Waals surface area (Å²) in [5.74, 6) is 0.760. The highest BCUT2D eigenvalue weighted by molar-refractivity contribution is 7.91. The molecule has 7 heteroatoms. The highest BCUT2D eigenvalue weighted by atomic mass is 32.2. The smallest absolute Gasteiger partial charge is 0.254 e. The van der Waals surface area contributed by atoms with E-state index < -0.39 is 9.84 Å². The van der Waals surface area contributed by atoms with Crippen molar-refractivity contribution in [2.75, 3.05) is 11.5 Å². The summed E-state index contributed by atoms with van der Waals surface area (Å²) < 4.78 is 29.6. The van der Waals surface area contributed by atoms with E-state index in [2.05, 4.69) is 0 Å². The molecule has 0 radical (unpaired) electrons. The lowest BCUT2D eigenvalue weighted by atomic mass is 10.1. The van der Waals surface area contributed by atoms with Crippen molar-refractivity contribution in [2.24, 2.45) is 0 Å². The Morgan fingerprint density at radius 2 is 1.96 bits per heavy atom. The van der Waals surface area contributed by atoms with E-state index in [0.29, 0.717) is 24.3 Å². The maximum absolute atomic E-state index is 13.2. The number of thiophene rings is 1. The summed E-state index contributed by atoms with van der Waals surface area (Å²) in [4.78, 5) is 16.0. The number of carbonyl (C=O) groups excluding carboxylic acids is 1. The molecule has 27 heavy (non-hydrogen) atoms. The predicted molar refractivity (Wildman–Crippen MR) is 108 cm³/mol. The zero-order chi connectivity index (χ0) is 19.6. The number of ether oxygens (including phenoxy) is 1. The van der Waals surface area contributed by atoms with E-state index in [-0.39, 0.29) is 29.6 Å². The molecule has 3 rings (SSSR count). The Labute approximate surface area is 164 Å². The topological polar surface area (TPSA) is 63.7 Å². The van der Waals surface area contributed by atoms with Crippen LogP contribution in [0.3, 0.4) is 0 Å². The number of hydrogen-bond donors (Lipinski definition) is 0. The Morgan fingerprint density at radius 1 is 1.26 bits per heavy atom. The molecule has 5 nitrogen and oxygen atoms in total. The molecule has 1 aliphatic rings. The van der Waals surface area contributed by atoms with Crippen molar-refractivity contribution in [1.29, 1.82) is 0 Å². The number of hydrogen-bond acceptors (Lipinski definition) is 5. The molecule has 1 amide bonds. The third kappa shape index (κ3) is 4.90. The van der Waals surface area contributed by atoms with Gasteiger partial charge in [0.15, 0.2) is 9.84 Å². The molecule has 0 saturated carbocycles. The van der Waals surface area contributed by atoms with Crippen LogP contribution < -0.4 is 4.74 Å². The number of amides is 1. The zero-order valence-corrected chi connectivity index (χ0v) is 17.5. The van der Waals surface area contributed by atoms with Crippen LogP contribution in [0.15, 0.2) is 35.7 Å². The predicted octanol–water partition coefficient (Wildman–Crippen LogP) is 3.67. The second kappa shape index (κ2) is 8.02. The normalized spacial score (nSPS) is 18.6. The minimum Gasteiger partial charge on any atom is -0.491 e. The van der Waals surface area contributed by atoms with Crippen LogP contribution in [0.1, 0.15) is 41.1 Å². The minimum absolute atomic E-state index is 0.0394. The largest absolute Gasteiger partial charge is 0.491 e. The van der Waals surface area contributed by atoms with E-state index in [0.717, 1.165) is 10.4 Å². The lowest BCUT2D eigenvalue weighted by Gasteiger charge is -2.28. The second-order valence-electron chi connectivity index (χ2n) is 7.21. The molecule has 1 fully saturated rings. The summed E-state index contributed by atoms with van der Waals surface area (Å²) in [6.07, 6.45) is 0.557. The van der Waals surface area contributed by atoms with E-state index in [4.69, 9.17) is 4.74 Å². The number of benzene rings is 1. The Balaban J connectivity index is 1.85. The molecule has 1 unspecified atom stereocenters.